The Morgan fingerprint density at radius 2 is 2.10 bits per heavy atom. The number of hydrogen-bond donors (Lipinski definition) is 2. The van der Waals surface area contributed by atoms with Crippen LogP contribution in [0, 0.1) is 11.6 Å². The number of halogens is 2. The highest BCUT2D eigenvalue weighted by Gasteiger charge is 2.48. The van der Waals surface area contributed by atoms with Crippen molar-refractivity contribution in [2.24, 2.45) is 0 Å². The first-order valence-electron chi connectivity index (χ1n) is 9.78. The monoisotopic (exact) mass is 433 g/mol. The number of aromatic hydroxyl groups is 1. The van der Waals surface area contributed by atoms with Gasteiger partial charge < -0.3 is 24.6 Å². The lowest BCUT2D eigenvalue weighted by Crippen LogP contribution is -2.64. The van der Waals surface area contributed by atoms with Crippen LogP contribution in [0.1, 0.15) is 46.7 Å². The third kappa shape index (κ3) is 3.46. The maximum absolute atomic E-state index is 13.8. The topological polar surface area (TPSA) is 101 Å². The number of pyridine rings is 1. The van der Waals surface area contributed by atoms with E-state index >= 15 is 0 Å². The van der Waals surface area contributed by atoms with Crippen molar-refractivity contribution < 1.29 is 28.2 Å². The molecule has 3 heterocycles. The lowest BCUT2D eigenvalue weighted by atomic mass is 10.00. The zero-order valence-electron chi connectivity index (χ0n) is 16.9. The minimum absolute atomic E-state index is 0.0277. The molecule has 0 aliphatic carbocycles. The fraction of sp³-hybridized carbons (Fsp3) is 0.381. The summed E-state index contributed by atoms with van der Waals surface area (Å²) in [5.74, 6) is -3.84. The van der Waals surface area contributed by atoms with Gasteiger partial charge in [-0.25, -0.2) is 8.78 Å². The number of fused-ring (bicyclic) bond motifs is 2. The van der Waals surface area contributed by atoms with E-state index in [1.165, 1.54) is 21.7 Å². The summed E-state index contributed by atoms with van der Waals surface area (Å²) >= 11 is 0. The van der Waals surface area contributed by atoms with Gasteiger partial charge >= 0.3 is 0 Å². The van der Waals surface area contributed by atoms with E-state index in [9.17, 15) is 28.3 Å². The number of nitrogens with one attached hydrogen (secondary N) is 1. The molecule has 10 heteroatoms. The van der Waals surface area contributed by atoms with Crippen molar-refractivity contribution in [1.82, 2.24) is 14.8 Å². The predicted molar refractivity (Wildman–Crippen MR) is 105 cm³/mol. The number of hydrogen-bond acceptors (Lipinski definition) is 5. The Kier molecular flexibility index (Phi) is 5.04. The Balaban J connectivity index is 1.66. The van der Waals surface area contributed by atoms with Gasteiger partial charge in [-0.15, -0.1) is 0 Å². The van der Waals surface area contributed by atoms with Crippen LogP contribution in [0.2, 0.25) is 0 Å². The quantitative estimate of drug-likeness (QED) is 0.768. The van der Waals surface area contributed by atoms with Gasteiger partial charge in [0.25, 0.3) is 11.8 Å². The first-order valence-corrected chi connectivity index (χ1v) is 9.78. The Bertz CT molecular complexity index is 1150. The SMILES string of the molecule is CC1CCOC2(C)Cn3cc(C(=O)NCc4ccc(F)cc4F)c(=O)c(O)c3C(=O)N12. The molecule has 0 radical (unpaired) electrons. The molecule has 0 spiro atoms. The second kappa shape index (κ2) is 7.45. The summed E-state index contributed by atoms with van der Waals surface area (Å²) in [5.41, 5.74) is -2.59. The van der Waals surface area contributed by atoms with E-state index in [-0.39, 0.29) is 30.4 Å². The molecule has 0 saturated carbocycles. The number of nitrogens with zero attached hydrogens (tertiary/aromatic N) is 2. The third-order valence-corrected chi connectivity index (χ3v) is 5.74. The molecule has 1 aromatic heterocycles. The van der Waals surface area contributed by atoms with Crippen molar-refractivity contribution in [3.63, 3.8) is 0 Å². The Labute approximate surface area is 176 Å². The average Bonchev–Trinajstić information content (AvgIpc) is 2.69. The molecule has 31 heavy (non-hydrogen) atoms. The molecule has 2 amide bonds. The fourth-order valence-electron chi connectivity index (χ4n) is 4.18. The molecule has 8 nitrogen and oxygen atoms in total. The number of carbonyl (C=O) groups excluding carboxylic acids is 2. The Morgan fingerprint density at radius 1 is 1.35 bits per heavy atom. The molecule has 164 valence electrons. The van der Waals surface area contributed by atoms with Gasteiger partial charge in [0.1, 0.15) is 17.2 Å². The van der Waals surface area contributed by atoms with Crippen LogP contribution in [0.4, 0.5) is 8.78 Å². The molecule has 2 unspecified atom stereocenters. The van der Waals surface area contributed by atoms with Crippen LogP contribution >= 0.6 is 0 Å². The zero-order valence-corrected chi connectivity index (χ0v) is 16.9. The molecular formula is C21H21F2N3O5. The van der Waals surface area contributed by atoms with E-state index in [2.05, 4.69) is 5.32 Å². The molecule has 2 aromatic rings. The van der Waals surface area contributed by atoms with Crippen LogP contribution in [-0.2, 0) is 17.8 Å². The number of benzene rings is 1. The van der Waals surface area contributed by atoms with Gasteiger partial charge in [-0.05, 0) is 26.3 Å². The van der Waals surface area contributed by atoms with Gasteiger partial charge in [0.15, 0.2) is 17.2 Å². The fourth-order valence-corrected chi connectivity index (χ4v) is 4.18. The number of ether oxygens (including phenoxy) is 1. The van der Waals surface area contributed by atoms with E-state index in [1.807, 2.05) is 6.92 Å². The van der Waals surface area contributed by atoms with Crippen molar-refractivity contribution >= 4 is 11.8 Å². The van der Waals surface area contributed by atoms with Gasteiger partial charge in [-0.2, -0.15) is 0 Å². The molecule has 1 fully saturated rings. The van der Waals surface area contributed by atoms with Crippen molar-refractivity contribution in [1.29, 1.82) is 0 Å². The highest BCUT2D eigenvalue weighted by atomic mass is 19.1. The summed E-state index contributed by atoms with van der Waals surface area (Å²) < 4.78 is 34.0. The molecule has 0 bridgehead atoms. The van der Waals surface area contributed by atoms with E-state index in [1.54, 1.807) is 6.92 Å². The Morgan fingerprint density at radius 3 is 2.81 bits per heavy atom. The number of amides is 2. The van der Waals surface area contributed by atoms with Crippen LogP contribution < -0.4 is 10.7 Å². The van der Waals surface area contributed by atoms with Crippen molar-refractivity contribution in [3.05, 3.63) is 63.1 Å². The summed E-state index contributed by atoms with van der Waals surface area (Å²) in [7, 11) is 0. The second-order valence-electron chi connectivity index (χ2n) is 7.95. The minimum atomic E-state index is -1.01. The van der Waals surface area contributed by atoms with Crippen LogP contribution in [0.5, 0.6) is 5.75 Å². The lowest BCUT2D eigenvalue weighted by molar-refractivity contribution is -0.185. The van der Waals surface area contributed by atoms with Crippen LogP contribution in [0.25, 0.3) is 0 Å². The third-order valence-electron chi connectivity index (χ3n) is 5.74. The standard InChI is InChI=1S/C21H21F2N3O5/c1-11-5-6-31-21(2)10-25-9-14(17(27)18(28)16(25)20(30)26(11)21)19(29)24-8-12-3-4-13(22)7-15(12)23/h3-4,7,9,11,28H,5-6,8,10H2,1-2H3,(H,24,29). The van der Waals surface area contributed by atoms with Crippen LogP contribution in [0.15, 0.2) is 29.2 Å². The molecule has 2 N–H and O–H groups in total. The lowest BCUT2D eigenvalue weighted by Gasteiger charge is -2.51. The molecule has 1 aromatic carbocycles. The van der Waals surface area contributed by atoms with Crippen molar-refractivity contribution in [3.8, 4) is 5.75 Å². The summed E-state index contributed by atoms with van der Waals surface area (Å²) in [6, 6.07) is 2.76. The molecule has 2 atom stereocenters. The predicted octanol–water partition coefficient (Wildman–Crippen LogP) is 1.74. The van der Waals surface area contributed by atoms with Gasteiger partial charge in [0.2, 0.25) is 5.43 Å². The summed E-state index contributed by atoms with van der Waals surface area (Å²) in [6.07, 6.45) is 1.81. The molecule has 4 rings (SSSR count). The first kappa shape index (κ1) is 21.0. The van der Waals surface area contributed by atoms with E-state index in [0.717, 1.165) is 6.07 Å². The van der Waals surface area contributed by atoms with Gasteiger partial charge in [0, 0.05) is 30.4 Å². The molecule has 2 aliphatic rings. The van der Waals surface area contributed by atoms with E-state index < -0.39 is 45.9 Å². The minimum Gasteiger partial charge on any atom is -0.503 e. The first-order chi connectivity index (χ1) is 14.6. The van der Waals surface area contributed by atoms with E-state index in [4.69, 9.17) is 4.74 Å². The van der Waals surface area contributed by atoms with Crippen LogP contribution in [0.3, 0.4) is 0 Å². The average molecular weight is 433 g/mol. The number of rotatable bonds is 3. The van der Waals surface area contributed by atoms with Crippen molar-refractivity contribution in [2.75, 3.05) is 6.61 Å². The second-order valence-corrected chi connectivity index (χ2v) is 7.95. The largest absolute Gasteiger partial charge is 0.503 e. The van der Waals surface area contributed by atoms with Crippen molar-refractivity contribution in [2.45, 2.75) is 45.1 Å². The number of aromatic nitrogens is 1. The smallest absolute Gasteiger partial charge is 0.277 e. The van der Waals surface area contributed by atoms with E-state index in [0.29, 0.717) is 19.1 Å². The summed E-state index contributed by atoms with van der Waals surface area (Å²) in [6.45, 7) is 3.85. The normalized spacial score (nSPS) is 22.6. The zero-order chi connectivity index (χ0) is 22.5. The maximum Gasteiger partial charge on any atom is 0.277 e. The highest BCUT2D eigenvalue weighted by molar-refractivity contribution is 5.99. The van der Waals surface area contributed by atoms with Gasteiger partial charge in [-0.1, -0.05) is 6.07 Å². The summed E-state index contributed by atoms with van der Waals surface area (Å²) in [4.78, 5) is 39.8. The maximum atomic E-state index is 13.8. The van der Waals surface area contributed by atoms with Gasteiger partial charge in [-0.3, -0.25) is 14.4 Å². The highest BCUT2D eigenvalue weighted by Crippen LogP contribution is 2.36. The molecule has 2 aliphatic heterocycles. The molecule has 1 saturated heterocycles. The molecular weight excluding hydrogens is 412 g/mol. The summed E-state index contributed by atoms with van der Waals surface area (Å²) in [5, 5.41) is 12.8. The number of carbonyl (C=O) groups is 2. The van der Waals surface area contributed by atoms with Crippen LogP contribution in [-0.4, -0.2) is 44.8 Å². The Hall–Kier alpha value is -3.27. The van der Waals surface area contributed by atoms with Gasteiger partial charge in [0.05, 0.1) is 13.2 Å².